The minimum Gasteiger partial charge on any atom is -0.507 e. The molecule has 0 heterocycles. The molecule has 0 saturated heterocycles. The van der Waals surface area contributed by atoms with E-state index in [9.17, 15) is 9.50 Å². The lowest BCUT2D eigenvalue weighted by atomic mass is 9.97. The Kier molecular flexibility index (Phi) is 2.99. The molecule has 0 radical (unpaired) electrons. The number of fused-ring (bicyclic) bond motifs is 1. The molecule has 19 heavy (non-hydrogen) atoms. The molecule has 1 N–H and O–H groups in total. The quantitative estimate of drug-likeness (QED) is 0.661. The molecule has 0 unspecified atom stereocenters. The van der Waals surface area contributed by atoms with Gasteiger partial charge >= 0.3 is 0 Å². The molecule has 3 aromatic rings. The van der Waals surface area contributed by atoms with Crippen molar-refractivity contribution in [3.8, 4) is 16.9 Å². The Morgan fingerprint density at radius 2 is 1.63 bits per heavy atom. The molecule has 0 aromatic heterocycles. The molecule has 1 nitrogen and oxygen atoms in total. The first-order valence-corrected chi connectivity index (χ1v) is 6.62. The number of hydrogen-bond donors (Lipinski definition) is 1. The van der Waals surface area contributed by atoms with Gasteiger partial charge in [-0.25, -0.2) is 4.39 Å². The second-order valence-corrected chi connectivity index (χ2v) is 5.22. The Labute approximate surface area is 118 Å². The summed E-state index contributed by atoms with van der Waals surface area (Å²) in [6, 6.07) is 15.8. The van der Waals surface area contributed by atoms with Crippen molar-refractivity contribution in [1.29, 1.82) is 0 Å². The van der Waals surface area contributed by atoms with E-state index in [0.29, 0.717) is 21.0 Å². The van der Waals surface area contributed by atoms with E-state index in [1.165, 1.54) is 6.07 Å². The largest absolute Gasteiger partial charge is 0.507 e. The van der Waals surface area contributed by atoms with Gasteiger partial charge in [-0.2, -0.15) is 0 Å². The fraction of sp³-hybridized carbons (Fsp3) is 0. The zero-order valence-electron chi connectivity index (χ0n) is 9.90. The molecule has 0 aliphatic rings. The van der Waals surface area contributed by atoms with Crippen molar-refractivity contribution in [2.24, 2.45) is 0 Å². The molecule has 3 aromatic carbocycles. The highest BCUT2D eigenvalue weighted by Crippen LogP contribution is 2.36. The molecule has 0 fully saturated rings. The first kappa shape index (κ1) is 12.2. The standard InChI is InChI=1S/C16H10BrFO/c17-11-7-8-12(14(18)9-11)13-5-1-3-10-4-2-6-15(19)16(10)13/h1-9,19H. The molecule has 0 atom stereocenters. The van der Waals surface area contributed by atoms with E-state index >= 15 is 0 Å². The third-order valence-electron chi connectivity index (χ3n) is 3.10. The first-order valence-electron chi connectivity index (χ1n) is 5.83. The summed E-state index contributed by atoms with van der Waals surface area (Å²) in [6.07, 6.45) is 0. The summed E-state index contributed by atoms with van der Waals surface area (Å²) in [5, 5.41) is 11.6. The van der Waals surface area contributed by atoms with E-state index in [1.54, 1.807) is 24.3 Å². The Morgan fingerprint density at radius 1 is 0.895 bits per heavy atom. The average Bonchev–Trinajstić information content (AvgIpc) is 2.38. The lowest BCUT2D eigenvalue weighted by Crippen LogP contribution is -1.86. The van der Waals surface area contributed by atoms with Crippen LogP contribution in [0.25, 0.3) is 21.9 Å². The smallest absolute Gasteiger partial charge is 0.132 e. The van der Waals surface area contributed by atoms with Gasteiger partial charge in [0.1, 0.15) is 11.6 Å². The second-order valence-electron chi connectivity index (χ2n) is 4.30. The second kappa shape index (κ2) is 4.67. The lowest BCUT2D eigenvalue weighted by Gasteiger charge is -2.09. The van der Waals surface area contributed by atoms with Gasteiger partial charge in [-0.15, -0.1) is 0 Å². The van der Waals surface area contributed by atoms with Crippen LogP contribution in [0.5, 0.6) is 5.75 Å². The van der Waals surface area contributed by atoms with Crippen molar-refractivity contribution < 1.29 is 9.50 Å². The summed E-state index contributed by atoms with van der Waals surface area (Å²) < 4.78 is 14.8. The van der Waals surface area contributed by atoms with Crippen molar-refractivity contribution in [2.75, 3.05) is 0 Å². The highest BCUT2D eigenvalue weighted by atomic mass is 79.9. The van der Waals surface area contributed by atoms with Gasteiger partial charge in [-0.1, -0.05) is 52.3 Å². The number of phenolic OH excluding ortho intramolecular Hbond substituents is 1. The van der Waals surface area contributed by atoms with Crippen LogP contribution in [0, 0.1) is 5.82 Å². The summed E-state index contributed by atoms with van der Waals surface area (Å²) in [5.41, 5.74) is 1.18. The van der Waals surface area contributed by atoms with E-state index in [2.05, 4.69) is 15.9 Å². The van der Waals surface area contributed by atoms with Crippen LogP contribution in [0.3, 0.4) is 0 Å². The van der Waals surface area contributed by atoms with Gasteiger partial charge in [-0.05, 0) is 29.1 Å². The minimum absolute atomic E-state index is 0.162. The van der Waals surface area contributed by atoms with Crippen molar-refractivity contribution >= 4 is 26.7 Å². The van der Waals surface area contributed by atoms with Gasteiger partial charge < -0.3 is 5.11 Å². The molecule has 0 spiro atoms. The predicted octanol–water partition coefficient (Wildman–Crippen LogP) is 5.11. The summed E-state index contributed by atoms with van der Waals surface area (Å²) in [6.45, 7) is 0. The number of rotatable bonds is 1. The van der Waals surface area contributed by atoms with Crippen LogP contribution < -0.4 is 0 Å². The molecular weight excluding hydrogens is 307 g/mol. The molecule has 0 aliphatic carbocycles. The minimum atomic E-state index is -0.315. The van der Waals surface area contributed by atoms with E-state index in [1.807, 2.05) is 24.3 Å². The van der Waals surface area contributed by atoms with Gasteiger partial charge in [0.05, 0.1) is 0 Å². The van der Waals surface area contributed by atoms with E-state index < -0.39 is 0 Å². The Bertz CT molecular complexity index is 763. The van der Waals surface area contributed by atoms with Crippen molar-refractivity contribution in [3.05, 3.63) is 64.9 Å². The molecule has 3 heteroatoms. The summed E-state index contributed by atoms with van der Waals surface area (Å²) in [7, 11) is 0. The van der Waals surface area contributed by atoms with Gasteiger partial charge in [-0.3, -0.25) is 0 Å². The van der Waals surface area contributed by atoms with Crippen LogP contribution in [0.15, 0.2) is 59.1 Å². The molecule has 0 amide bonds. The zero-order chi connectivity index (χ0) is 13.4. The zero-order valence-corrected chi connectivity index (χ0v) is 11.5. The Balaban J connectivity index is 2.37. The third-order valence-corrected chi connectivity index (χ3v) is 3.60. The molecule has 94 valence electrons. The van der Waals surface area contributed by atoms with Crippen LogP contribution in [-0.2, 0) is 0 Å². The van der Waals surface area contributed by atoms with Gasteiger partial charge in [0.25, 0.3) is 0 Å². The van der Waals surface area contributed by atoms with Crippen LogP contribution in [-0.4, -0.2) is 5.11 Å². The van der Waals surface area contributed by atoms with Gasteiger partial charge in [0, 0.05) is 15.4 Å². The maximum atomic E-state index is 14.1. The maximum Gasteiger partial charge on any atom is 0.132 e. The SMILES string of the molecule is Oc1cccc2cccc(-c3ccc(Br)cc3F)c12. The Morgan fingerprint density at radius 3 is 2.37 bits per heavy atom. The van der Waals surface area contributed by atoms with Crippen molar-refractivity contribution in [3.63, 3.8) is 0 Å². The normalized spacial score (nSPS) is 10.8. The maximum absolute atomic E-state index is 14.1. The fourth-order valence-electron chi connectivity index (χ4n) is 2.25. The van der Waals surface area contributed by atoms with E-state index in [-0.39, 0.29) is 11.6 Å². The molecule has 0 saturated carbocycles. The monoisotopic (exact) mass is 316 g/mol. The van der Waals surface area contributed by atoms with Crippen LogP contribution in [0.2, 0.25) is 0 Å². The predicted molar refractivity (Wildman–Crippen MR) is 78.7 cm³/mol. The number of hydrogen-bond acceptors (Lipinski definition) is 1. The highest BCUT2D eigenvalue weighted by molar-refractivity contribution is 9.10. The molecular formula is C16H10BrFO. The first-order chi connectivity index (χ1) is 9.16. The van der Waals surface area contributed by atoms with Gasteiger partial charge in [0.15, 0.2) is 0 Å². The number of phenols is 1. The van der Waals surface area contributed by atoms with Crippen molar-refractivity contribution in [2.45, 2.75) is 0 Å². The van der Waals surface area contributed by atoms with Crippen LogP contribution >= 0.6 is 15.9 Å². The number of aromatic hydroxyl groups is 1. The fourth-order valence-corrected chi connectivity index (χ4v) is 2.59. The van der Waals surface area contributed by atoms with E-state index in [4.69, 9.17) is 0 Å². The molecule has 0 aliphatic heterocycles. The third kappa shape index (κ3) is 2.10. The van der Waals surface area contributed by atoms with Crippen molar-refractivity contribution in [1.82, 2.24) is 0 Å². The average molecular weight is 317 g/mol. The summed E-state index contributed by atoms with van der Waals surface area (Å²) >= 11 is 3.24. The van der Waals surface area contributed by atoms with Crippen LogP contribution in [0.1, 0.15) is 0 Å². The molecule has 0 bridgehead atoms. The lowest BCUT2D eigenvalue weighted by molar-refractivity contribution is 0.482. The number of halogens is 2. The Hall–Kier alpha value is -1.87. The van der Waals surface area contributed by atoms with Gasteiger partial charge in [0.2, 0.25) is 0 Å². The molecule has 3 rings (SSSR count). The summed E-state index contributed by atoms with van der Waals surface area (Å²) in [5.74, 6) is -0.152. The highest BCUT2D eigenvalue weighted by Gasteiger charge is 2.11. The van der Waals surface area contributed by atoms with Crippen LogP contribution in [0.4, 0.5) is 4.39 Å². The summed E-state index contributed by atoms with van der Waals surface area (Å²) in [4.78, 5) is 0. The van der Waals surface area contributed by atoms with E-state index in [0.717, 1.165) is 5.39 Å². The number of benzene rings is 3. The topological polar surface area (TPSA) is 20.2 Å².